The highest BCUT2D eigenvalue weighted by Gasteiger charge is 2.17. The Balaban J connectivity index is 2.33. The van der Waals surface area contributed by atoms with Crippen LogP contribution in [0, 0.1) is 5.82 Å². The third-order valence-corrected chi connectivity index (χ3v) is 4.07. The van der Waals surface area contributed by atoms with Gasteiger partial charge in [-0.15, -0.1) is 0 Å². The van der Waals surface area contributed by atoms with Crippen molar-refractivity contribution in [1.82, 2.24) is 4.72 Å². The normalized spacial score (nSPS) is 12.2. The van der Waals surface area contributed by atoms with E-state index in [0.29, 0.717) is 12.1 Å². The number of aliphatic imine (C=N–C) groups is 1. The summed E-state index contributed by atoms with van der Waals surface area (Å²) in [7, 11) is -3.79. The standard InChI is InChI=1S/C15H15FN2O2S/c1-2-17-15(12-6-4-3-5-7-12)18-21(19,20)14-10-8-13(16)9-11-14/h3-11H,2H2,1H3,(H,17,18). The van der Waals surface area contributed by atoms with Gasteiger partial charge in [-0.2, -0.15) is 0 Å². The van der Waals surface area contributed by atoms with E-state index in [9.17, 15) is 12.8 Å². The average molecular weight is 306 g/mol. The quantitative estimate of drug-likeness (QED) is 0.697. The number of rotatable bonds is 4. The molecule has 21 heavy (non-hydrogen) atoms. The number of amidine groups is 1. The Kier molecular flexibility index (Phi) is 4.70. The molecule has 0 atom stereocenters. The zero-order valence-electron chi connectivity index (χ0n) is 11.5. The van der Waals surface area contributed by atoms with Crippen molar-refractivity contribution >= 4 is 15.9 Å². The van der Waals surface area contributed by atoms with Crippen LogP contribution in [0.2, 0.25) is 0 Å². The first-order chi connectivity index (χ1) is 10.0. The molecule has 0 aromatic heterocycles. The number of sulfonamides is 1. The predicted octanol–water partition coefficient (Wildman–Crippen LogP) is 2.57. The number of hydrogen-bond acceptors (Lipinski definition) is 3. The number of nitrogens with zero attached hydrogens (tertiary/aromatic N) is 1. The minimum atomic E-state index is -3.79. The number of hydrogen-bond donors (Lipinski definition) is 1. The predicted molar refractivity (Wildman–Crippen MR) is 80.2 cm³/mol. The summed E-state index contributed by atoms with van der Waals surface area (Å²) in [4.78, 5) is 4.16. The van der Waals surface area contributed by atoms with Gasteiger partial charge in [0, 0.05) is 12.1 Å². The fraction of sp³-hybridized carbons (Fsp3) is 0.133. The van der Waals surface area contributed by atoms with Crippen molar-refractivity contribution in [3.63, 3.8) is 0 Å². The molecule has 0 aliphatic heterocycles. The van der Waals surface area contributed by atoms with Crippen molar-refractivity contribution in [2.24, 2.45) is 4.99 Å². The summed E-state index contributed by atoms with van der Waals surface area (Å²) in [5.74, 6) is -0.220. The van der Waals surface area contributed by atoms with Gasteiger partial charge in [-0.3, -0.25) is 9.71 Å². The zero-order chi connectivity index (χ0) is 15.3. The van der Waals surface area contributed by atoms with Gasteiger partial charge in [-0.25, -0.2) is 12.8 Å². The van der Waals surface area contributed by atoms with Crippen LogP contribution >= 0.6 is 0 Å². The van der Waals surface area contributed by atoms with Gasteiger partial charge in [0.1, 0.15) is 11.7 Å². The van der Waals surface area contributed by atoms with Gasteiger partial charge in [-0.05, 0) is 31.2 Å². The largest absolute Gasteiger partial charge is 0.268 e. The number of benzene rings is 2. The molecule has 110 valence electrons. The first kappa shape index (κ1) is 15.2. The molecule has 0 amide bonds. The molecule has 2 aromatic carbocycles. The molecule has 4 nitrogen and oxygen atoms in total. The fourth-order valence-corrected chi connectivity index (χ4v) is 2.79. The van der Waals surface area contributed by atoms with Gasteiger partial charge < -0.3 is 0 Å². The van der Waals surface area contributed by atoms with Gasteiger partial charge in [0.2, 0.25) is 0 Å². The van der Waals surface area contributed by atoms with Gasteiger partial charge in [0.05, 0.1) is 4.90 Å². The van der Waals surface area contributed by atoms with Gasteiger partial charge in [-0.1, -0.05) is 30.3 Å². The Morgan fingerprint density at radius 3 is 2.29 bits per heavy atom. The maximum absolute atomic E-state index is 12.9. The Hall–Kier alpha value is -2.21. The average Bonchev–Trinajstić information content (AvgIpc) is 2.48. The van der Waals surface area contributed by atoms with Crippen LogP contribution in [-0.2, 0) is 10.0 Å². The molecule has 0 fully saturated rings. The molecule has 0 spiro atoms. The van der Waals surface area contributed by atoms with E-state index in [1.165, 1.54) is 12.1 Å². The van der Waals surface area contributed by atoms with Crippen LogP contribution in [0.1, 0.15) is 12.5 Å². The third-order valence-electron chi connectivity index (χ3n) is 2.72. The zero-order valence-corrected chi connectivity index (χ0v) is 12.3. The first-order valence-corrected chi connectivity index (χ1v) is 7.89. The maximum atomic E-state index is 12.9. The summed E-state index contributed by atoms with van der Waals surface area (Å²) >= 11 is 0. The molecule has 2 rings (SSSR count). The number of nitrogens with one attached hydrogen (secondary N) is 1. The summed E-state index contributed by atoms with van der Waals surface area (Å²) in [5, 5.41) is 0. The minimum absolute atomic E-state index is 0.0105. The van der Waals surface area contributed by atoms with E-state index < -0.39 is 15.8 Å². The van der Waals surface area contributed by atoms with Gasteiger partial charge >= 0.3 is 0 Å². The topological polar surface area (TPSA) is 58.5 Å². The summed E-state index contributed by atoms with van der Waals surface area (Å²) in [6, 6.07) is 13.6. The SMILES string of the molecule is CCN=C(NS(=O)(=O)c1ccc(F)cc1)c1ccccc1. The highest BCUT2D eigenvalue weighted by Crippen LogP contribution is 2.11. The Morgan fingerprint density at radius 2 is 1.71 bits per heavy atom. The van der Waals surface area contributed by atoms with Crippen LogP contribution in [0.4, 0.5) is 4.39 Å². The monoisotopic (exact) mass is 306 g/mol. The molecule has 0 saturated carbocycles. The molecular weight excluding hydrogens is 291 g/mol. The first-order valence-electron chi connectivity index (χ1n) is 6.41. The molecule has 1 N–H and O–H groups in total. The Labute approximate surface area is 123 Å². The molecule has 0 radical (unpaired) electrons. The second-order valence-corrected chi connectivity index (χ2v) is 5.93. The smallest absolute Gasteiger partial charge is 0.263 e. The Bertz CT molecular complexity index is 726. The second kappa shape index (κ2) is 6.49. The molecule has 0 bridgehead atoms. The van der Waals surface area contributed by atoms with Crippen molar-refractivity contribution in [3.8, 4) is 0 Å². The van der Waals surface area contributed by atoms with Gasteiger partial charge in [0.15, 0.2) is 0 Å². The second-order valence-electron chi connectivity index (χ2n) is 4.25. The van der Waals surface area contributed by atoms with E-state index in [2.05, 4.69) is 9.71 Å². The molecule has 6 heteroatoms. The number of halogens is 1. The van der Waals surface area contributed by atoms with E-state index in [1.54, 1.807) is 24.3 Å². The molecule has 0 unspecified atom stereocenters. The summed E-state index contributed by atoms with van der Waals surface area (Å²) in [5.41, 5.74) is 0.671. The lowest BCUT2D eigenvalue weighted by molar-refractivity contribution is 0.591. The van der Waals surface area contributed by atoms with Crippen LogP contribution in [-0.4, -0.2) is 20.8 Å². The van der Waals surface area contributed by atoms with Gasteiger partial charge in [0.25, 0.3) is 10.0 Å². The minimum Gasteiger partial charge on any atom is -0.268 e. The molecular formula is C15H15FN2O2S. The van der Waals surface area contributed by atoms with E-state index >= 15 is 0 Å². The van der Waals surface area contributed by atoms with Crippen molar-refractivity contribution in [2.45, 2.75) is 11.8 Å². The maximum Gasteiger partial charge on any atom is 0.263 e. The molecule has 0 heterocycles. The van der Waals surface area contributed by atoms with E-state index in [1.807, 2.05) is 13.0 Å². The highest BCUT2D eigenvalue weighted by atomic mass is 32.2. The molecule has 2 aromatic rings. The third kappa shape index (κ3) is 3.88. The molecule has 0 saturated heterocycles. The lowest BCUT2D eigenvalue weighted by atomic mass is 10.2. The lowest BCUT2D eigenvalue weighted by Crippen LogP contribution is -2.31. The van der Waals surface area contributed by atoms with E-state index in [0.717, 1.165) is 12.1 Å². The summed E-state index contributed by atoms with van der Waals surface area (Å²) < 4.78 is 39.9. The molecule has 0 aliphatic rings. The van der Waals surface area contributed by atoms with Crippen molar-refractivity contribution in [2.75, 3.05) is 6.54 Å². The Morgan fingerprint density at radius 1 is 1.10 bits per heavy atom. The summed E-state index contributed by atoms with van der Waals surface area (Å²) in [6.07, 6.45) is 0. The fourth-order valence-electron chi connectivity index (χ4n) is 1.74. The van der Waals surface area contributed by atoms with Crippen molar-refractivity contribution < 1.29 is 12.8 Å². The van der Waals surface area contributed by atoms with E-state index in [-0.39, 0.29) is 10.7 Å². The van der Waals surface area contributed by atoms with Crippen LogP contribution in [0.5, 0.6) is 0 Å². The van der Waals surface area contributed by atoms with Crippen molar-refractivity contribution in [3.05, 3.63) is 66.0 Å². The van der Waals surface area contributed by atoms with E-state index in [4.69, 9.17) is 0 Å². The highest BCUT2D eigenvalue weighted by molar-refractivity contribution is 7.90. The van der Waals surface area contributed by atoms with Crippen LogP contribution in [0.25, 0.3) is 0 Å². The van der Waals surface area contributed by atoms with Crippen LogP contribution < -0.4 is 4.72 Å². The van der Waals surface area contributed by atoms with Crippen molar-refractivity contribution in [1.29, 1.82) is 0 Å². The lowest BCUT2D eigenvalue weighted by Gasteiger charge is -2.11. The van der Waals surface area contributed by atoms with Crippen LogP contribution in [0.3, 0.4) is 0 Å². The summed E-state index contributed by atoms with van der Waals surface area (Å²) in [6.45, 7) is 2.26. The molecule has 0 aliphatic carbocycles. The van der Waals surface area contributed by atoms with Crippen LogP contribution in [0.15, 0.2) is 64.5 Å².